The smallest absolute Gasteiger partial charge is 0.214 e. The Morgan fingerprint density at radius 1 is 0.964 bits per heavy atom. The Kier molecular flexibility index (Phi) is 5.04. The second-order valence-corrected chi connectivity index (χ2v) is 6.98. The van der Waals surface area contributed by atoms with Crippen molar-refractivity contribution in [3.63, 3.8) is 0 Å². The Morgan fingerprint density at radius 3 is 2.46 bits per heavy atom. The quantitative estimate of drug-likeness (QED) is 0.518. The van der Waals surface area contributed by atoms with E-state index in [9.17, 15) is 10.4 Å². The van der Waals surface area contributed by atoms with Gasteiger partial charge in [-0.2, -0.15) is 9.94 Å². The fourth-order valence-electron chi connectivity index (χ4n) is 2.79. The van der Waals surface area contributed by atoms with Crippen LogP contribution in [0.4, 0.5) is 0 Å². The van der Waals surface area contributed by atoms with Gasteiger partial charge in [0.15, 0.2) is 0 Å². The largest absolute Gasteiger partial charge is 0.508 e. The van der Waals surface area contributed by atoms with Gasteiger partial charge in [-0.05, 0) is 57.4 Å². The zero-order valence-corrected chi connectivity index (χ0v) is 15.5. The summed E-state index contributed by atoms with van der Waals surface area (Å²) in [5.74, 6) is 0.905. The monoisotopic (exact) mass is 385 g/mol. The molecule has 136 valence electrons. The molecule has 0 atom stereocenters. The molecule has 1 heterocycles. The van der Waals surface area contributed by atoms with Crippen LogP contribution in [0, 0.1) is 11.3 Å². The molecule has 0 saturated carbocycles. The highest BCUT2D eigenvalue weighted by molar-refractivity contribution is 7.98. The molecule has 3 aromatic carbocycles. The molecule has 0 aliphatic rings. The van der Waals surface area contributed by atoms with Gasteiger partial charge >= 0.3 is 0 Å². The maximum atomic E-state index is 9.43. The number of thioether (sulfide) groups is 1. The van der Waals surface area contributed by atoms with E-state index >= 15 is 0 Å². The third kappa shape index (κ3) is 3.72. The molecule has 6 nitrogen and oxygen atoms in total. The van der Waals surface area contributed by atoms with Gasteiger partial charge in [-0.25, -0.2) is 0 Å². The molecule has 0 aliphatic carbocycles. The minimum Gasteiger partial charge on any atom is -0.508 e. The van der Waals surface area contributed by atoms with Crippen LogP contribution in [-0.4, -0.2) is 25.3 Å². The van der Waals surface area contributed by atoms with Crippen LogP contribution in [0.3, 0.4) is 0 Å². The topological polar surface area (TPSA) is 87.6 Å². The van der Waals surface area contributed by atoms with Crippen molar-refractivity contribution in [2.75, 3.05) is 0 Å². The molecule has 4 rings (SSSR count). The number of hydrogen-bond donors (Lipinski definition) is 1. The SMILES string of the molecule is N#Cc1ccccc1-c1ccc(CSc2nnnn2-c2ccc(O)cc2)cc1. The molecular weight excluding hydrogens is 370 g/mol. The van der Waals surface area contributed by atoms with Gasteiger partial charge in [0.1, 0.15) is 5.75 Å². The molecule has 0 saturated heterocycles. The average Bonchev–Trinajstić information content (AvgIpc) is 3.22. The minimum absolute atomic E-state index is 0.198. The van der Waals surface area contributed by atoms with Gasteiger partial charge in [-0.3, -0.25) is 0 Å². The number of nitrogens with zero attached hydrogens (tertiary/aromatic N) is 5. The Morgan fingerprint density at radius 2 is 1.71 bits per heavy atom. The van der Waals surface area contributed by atoms with Crippen molar-refractivity contribution < 1.29 is 5.11 Å². The van der Waals surface area contributed by atoms with Crippen LogP contribution in [0.15, 0.2) is 78.0 Å². The number of nitriles is 1. The van der Waals surface area contributed by atoms with E-state index in [1.54, 1.807) is 28.9 Å². The number of hydrogen-bond acceptors (Lipinski definition) is 6. The molecule has 0 fully saturated rings. The predicted octanol–water partition coefficient (Wildman–Crippen LogP) is 4.20. The van der Waals surface area contributed by atoms with Crippen LogP contribution in [0.1, 0.15) is 11.1 Å². The molecule has 28 heavy (non-hydrogen) atoms. The van der Waals surface area contributed by atoms with E-state index in [0.29, 0.717) is 16.5 Å². The van der Waals surface area contributed by atoms with E-state index in [1.807, 2.05) is 48.5 Å². The zero-order chi connectivity index (χ0) is 19.3. The van der Waals surface area contributed by atoms with E-state index in [0.717, 1.165) is 22.4 Å². The lowest BCUT2D eigenvalue weighted by molar-refractivity contribution is 0.475. The predicted molar refractivity (Wildman–Crippen MR) is 107 cm³/mol. The molecule has 0 spiro atoms. The van der Waals surface area contributed by atoms with Gasteiger partial charge < -0.3 is 5.11 Å². The van der Waals surface area contributed by atoms with Gasteiger partial charge in [0.05, 0.1) is 17.3 Å². The van der Waals surface area contributed by atoms with Crippen molar-refractivity contribution in [3.05, 3.63) is 83.9 Å². The van der Waals surface area contributed by atoms with Crippen LogP contribution in [-0.2, 0) is 5.75 Å². The van der Waals surface area contributed by atoms with Gasteiger partial charge in [0.2, 0.25) is 5.16 Å². The molecule has 7 heteroatoms. The van der Waals surface area contributed by atoms with Crippen molar-refractivity contribution in [1.29, 1.82) is 5.26 Å². The molecule has 0 bridgehead atoms. The third-order valence-corrected chi connectivity index (χ3v) is 5.21. The number of tetrazole rings is 1. The van der Waals surface area contributed by atoms with Gasteiger partial charge in [0, 0.05) is 5.75 Å². The average molecular weight is 385 g/mol. The number of phenolic OH excluding ortho intramolecular Hbond substituents is 1. The number of aromatic hydroxyl groups is 1. The van der Waals surface area contributed by atoms with Gasteiger partial charge in [-0.15, -0.1) is 5.10 Å². The molecule has 0 unspecified atom stereocenters. The first-order chi connectivity index (χ1) is 13.7. The first-order valence-electron chi connectivity index (χ1n) is 8.53. The maximum absolute atomic E-state index is 9.43. The molecule has 1 N–H and O–H groups in total. The van der Waals surface area contributed by atoms with E-state index in [4.69, 9.17) is 0 Å². The van der Waals surface area contributed by atoms with Gasteiger partial charge in [-0.1, -0.05) is 54.2 Å². The number of aromatic nitrogens is 4. The van der Waals surface area contributed by atoms with E-state index in [1.165, 1.54) is 11.8 Å². The number of benzene rings is 3. The van der Waals surface area contributed by atoms with Crippen LogP contribution in [0.25, 0.3) is 16.8 Å². The lowest BCUT2D eigenvalue weighted by Crippen LogP contribution is -1.98. The maximum Gasteiger partial charge on any atom is 0.214 e. The van der Waals surface area contributed by atoms with E-state index in [-0.39, 0.29) is 5.75 Å². The van der Waals surface area contributed by atoms with Crippen LogP contribution < -0.4 is 0 Å². The van der Waals surface area contributed by atoms with E-state index < -0.39 is 0 Å². The van der Waals surface area contributed by atoms with E-state index in [2.05, 4.69) is 21.6 Å². The summed E-state index contributed by atoms with van der Waals surface area (Å²) in [4.78, 5) is 0. The fraction of sp³-hybridized carbons (Fsp3) is 0.0476. The molecule has 0 aliphatic heterocycles. The summed E-state index contributed by atoms with van der Waals surface area (Å²) >= 11 is 1.53. The summed E-state index contributed by atoms with van der Waals surface area (Å²) < 4.78 is 1.64. The first kappa shape index (κ1) is 17.8. The summed E-state index contributed by atoms with van der Waals surface area (Å²) in [6, 6.07) is 24.7. The molecule has 1 aromatic heterocycles. The second kappa shape index (κ2) is 7.94. The molecule has 4 aromatic rings. The Labute approximate surface area is 166 Å². The summed E-state index contributed by atoms with van der Waals surface area (Å²) in [7, 11) is 0. The van der Waals surface area contributed by atoms with Crippen LogP contribution >= 0.6 is 11.8 Å². The fourth-order valence-corrected chi connectivity index (χ4v) is 3.63. The summed E-state index contributed by atoms with van der Waals surface area (Å²) in [5.41, 5.74) is 4.52. The highest BCUT2D eigenvalue weighted by Crippen LogP contribution is 2.27. The van der Waals surface area contributed by atoms with Gasteiger partial charge in [0.25, 0.3) is 0 Å². The van der Waals surface area contributed by atoms with Crippen molar-refractivity contribution in [1.82, 2.24) is 20.2 Å². The summed E-state index contributed by atoms with van der Waals surface area (Å²) in [6.45, 7) is 0. The normalized spacial score (nSPS) is 10.5. The van der Waals surface area contributed by atoms with Crippen molar-refractivity contribution in [3.8, 4) is 28.6 Å². The first-order valence-corrected chi connectivity index (χ1v) is 9.52. The second-order valence-electron chi connectivity index (χ2n) is 6.03. The minimum atomic E-state index is 0.198. The Balaban J connectivity index is 1.49. The molecule has 0 amide bonds. The van der Waals surface area contributed by atoms with Crippen LogP contribution in [0.5, 0.6) is 5.75 Å². The molecular formula is C21H15N5OS. The van der Waals surface area contributed by atoms with Crippen LogP contribution in [0.2, 0.25) is 0 Å². The number of phenols is 1. The van der Waals surface area contributed by atoms with Crippen molar-refractivity contribution in [2.24, 2.45) is 0 Å². The Bertz CT molecular complexity index is 1130. The zero-order valence-electron chi connectivity index (χ0n) is 14.7. The molecule has 0 radical (unpaired) electrons. The standard InChI is InChI=1S/C21H15N5OS/c22-13-17-3-1-2-4-20(17)16-7-5-15(6-8-16)14-28-21-23-24-25-26(21)18-9-11-19(27)12-10-18/h1-12,27H,14H2. The Hall–Kier alpha value is -3.63. The summed E-state index contributed by atoms with van der Waals surface area (Å²) in [6.07, 6.45) is 0. The highest BCUT2D eigenvalue weighted by atomic mass is 32.2. The third-order valence-electron chi connectivity index (χ3n) is 4.22. The van der Waals surface area contributed by atoms with Crippen molar-refractivity contribution in [2.45, 2.75) is 10.9 Å². The summed E-state index contributed by atoms with van der Waals surface area (Å²) in [5, 5.41) is 31.2. The van der Waals surface area contributed by atoms with Crippen molar-refractivity contribution >= 4 is 11.8 Å². The lowest BCUT2D eigenvalue weighted by atomic mass is 10.00. The highest BCUT2D eigenvalue weighted by Gasteiger charge is 2.10. The number of rotatable bonds is 5. The lowest BCUT2D eigenvalue weighted by Gasteiger charge is -2.07.